The van der Waals surface area contributed by atoms with E-state index in [2.05, 4.69) is 0 Å². The molecule has 0 unspecified atom stereocenters. The maximum atomic E-state index is 12.6. The number of likely N-dealkylation sites (tertiary alicyclic amines) is 1. The normalized spacial score (nSPS) is 16.0. The van der Waals surface area contributed by atoms with E-state index in [1.165, 1.54) is 0 Å². The summed E-state index contributed by atoms with van der Waals surface area (Å²) in [4.78, 5) is 14.1. The molecule has 0 N–H and O–H groups in total. The summed E-state index contributed by atoms with van der Waals surface area (Å²) in [6.45, 7) is 1.37. The standard InChI is InChI=1S/C22H22F3NO/c23-22(24,25)20-9-6-18(7-10-20)16-19-12-14-26(15-13-19)21(27)11-8-17-4-2-1-3-5-17/h1-11,19H,12-16H2/b11-8+. The third kappa shape index (κ3) is 5.46. The minimum absolute atomic E-state index is 0.00633. The van der Waals surface area contributed by atoms with Crippen LogP contribution >= 0.6 is 0 Å². The second-order valence-electron chi connectivity index (χ2n) is 6.91. The van der Waals surface area contributed by atoms with Gasteiger partial charge in [-0.2, -0.15) is 13.2 Å². The lowest BCUT2D eigenvalue weighted by Gasteiger charge is -2.31. The summed E-state index contributed by atoms with van der Waals surface area (Å²) in [7, 11) is 0. The highest BCUT2D eigenvalue weighted by Crippen LogP contribution is 2.30. The van der Waals surface area contributed by atoms with Crippen LogP contribution in [0.4, 0.5) is 13.2 Å². The van der Waals surface area contributed by atoms with Gasteiger partial charge in [0.2, 0.25) is 5.91 Å². The van der Waals surface area contributed by atoms with Crippen molar-refractivity contribution in [1.29, 1.82) is 0 Å². The van der Waals surface area contributed by atoms with Gasteiger partial charge in [-0.25, -0.2) is 0 Å². The summed E-state index contributed by atoms with van der Waals surface area (Å²) in [6, 6.07) is 15.1. The van der Waals surface area contributed by atoms with Gasteiger partial charge >= 0.3 is 6.18 Å². The van der Waals surface area contributed by atoms with Crippen LogP contribution in [-0.4, -0.2) is 23.9 Å². The molecule has 3 rings (SSSR count). The van der Waals surface area contributed by atoms with Crippen LogP contribution in [0.2, 0.25) is 0 Å². The number of rotatable bonds is 4. The molecule has 0 radical (unpaired) electrons. The van der Waals surface area contributed by atoms with E-state index < -0.39 is 11.7 Å². The maximum absolute atomic E-state index is 12.6. The Hall–Kier alpha value is -2.56. The lowest BCUT2D eigenvalue weighted by atomic mass is 9.90. The molecular formula is C22H22F3NO. The third-order valence-corrected chi connectivity index (χ3v) is 4.95. The second kappa shape index (κ2) is 8.42. The SMILES string of the molecule is O=C(/C=C/c1ccccc1)N1CCC(Cc2ccc(C(F)(F)F)cc2)CC1. The molecule has 1 fully saturated rings. The lowest BCUT2D eigenvalue weighted by Crippen LogP contribution is -2.37. The first kappa shape index (κ1) is 19.2. The molecule has 2 nitrogen and oxygen atoms in total. The van der Waals surface area contributed by atoms with Crippen LogP contribution in [0, 0.1) is 5.92 Å². The van der Waals surface area contributed by atoms with Gasteiger partial charge in [-0.05, 0) is 54.5 Å². The van der Waals surface area contributed by atoms with Gasteiger partial charge in [0.1, 0.15) is 0 Å². The molecule has 142 valence electrons. The summed E-state index contributed by atoms with van der Waals surface area (Å²) in [5.41, 5.74) is 1.29. The first-order valence-corrected chi connectivity index (χ1v) is 9.10. The highest BCUT2D eigenvalue weighted by Gasteiger charge is 2.30. The molecule has 0 bridgehead atoms. The Bertz CT molecular complexity index is 773. The Morgan fingerprint density at radius 2 is 1.63 bits per heavy atom. The number of carbonyl (C=O) groups excluding carboxylic acids is 1. The first-order chi connectivity index (χ1) is 12.9. The van der Waals surface area contributed by atoms with Gasteiger partial charge in [0.05, 0.1) is 5.56 Å². The fourth-order valence-electron chi connectivity index (χ4n) is 3.36. The molecule has 0 atom stereocenters. The summed E-state index contributed by atoms with van der Waals surface area (Å²) < 4.78 is 37.9. The molecule has 1 saturated heterocycles. The van der Waals surface area contributed by atoms with Crippen LogP contribution in [0.25, 0.3) is 6.08 Å². The molecule has 27 heavy (non-hydrogen) atoms. The van der Waals surface area contributed by atoms with E-state index in [-0.39, 0.29) is 5.91 Å². The van der Waals surface area contributed by atoms with Gasteiger partial charge in [0.15, 0.2) is 0 Å². The van der Waals surface area contributed by atoms with Crippen molar-refractivity contribution in [1.82, 2.24) is 4.90 Å². The molecule has 0 aliphatic carbocycles. The van der Waals surface area contributed by atoms with Crippen LogP contribution in [0.5, 0.6) is 0 Å². The predicted molar refractivity (Wildman–Crippen MR) is 99.9 cm³/mol. The fraction of sp³-hybridized carbons (Fsp3) is 0.318. The molecule has 0 saturated carbocycles. The van der Waals surface area contributed by atoms with Crippen molar-refractivity contribution in [3.05, 3.63) is 77.4 Å². The fourth-order valence-corrected chi connectivity index (χ4v) is 3.36. The van der Waals surface area contributed by atoms with Crippen LogP contribution in [0.15, 0.2) is 60.7 Å². The highest BCUT2D eigenvalue weighted by atomic mass is 19.4. The number of carbonyl (C=O) groups is 1. The van der Waals surface area contributed by atoms with E-state index in [9.17, 15) is 18.0 Å². The number of halogens is 3. The van der Waals surface area contributed by atoms with Gasteiger partial charge in [-0.1, -0.05) is 42.5 Å². The smallest absolute Gasteiger partial charge is 0.339 e. The van der Waals surface area contributed by atoms with E-state index in [1.54, 1.807) is 18.2 Å². The predicted octanol–water partition coefficient (Wildman–Crippen LogP) is 5.20. The molecule has 1 aliphatic rings. The molecule has 1 heterocycles. The highest BCUT2D eigenvalue weighted by molar-refractivity contribution is 5.91. The zero-order valence-corrected chi connectivity index (χ0v) is 15.0. The monoisotopic (exact) mass is 373 g/mol. The Balaban J connectivity index is 1.48. The van der Waals surface area contributed by atoms with Crippen molar-refractivity contribution in [2.45, 2.75) is 25.4 Å². The molecule has 1 amide bonds. The zero-order chi connectivity index (χ0) is 19.3. The quantitative estimate of drug-likeness (QED) is 0.675. The Kier molecular flexibility index (Phi) is 5.99. The van der Waals surface area contributed by atoms with Crippen LogP contribution in [0.1, 0.15) is 29.5 Å². The lowest BCUT2D eigenvalue weighted by molar-refractivity contribution is -0.137. The van der Waals surface area contributed by atoms with Gasteiger partial charge in [0, 0.05) is 19.2 Å². The topological polar surface area (TPSA) is 20.3 Å². The molecule has 5 heteroatoms. The Morgan fingerprint density at radius 3 is 2.22 bits per heavy atom. The van der Waals surface area contributed by atoms with Crippen LogP contribution < -0.4 is 0 Å². The van der Waals surface area contributed by atoms with Crippen LogP contribution in [-0.2, 0) is 17.4 Å². The summed E-state index contributed by atoms with van der Waals surface area (Å²) in [6.07, 6.45) is 1.61. The van der Waals surface area contributed by atoms with Crippen molar-refractivity contribution >= 4 is 12.0 Å². The average Bonchev–Trinajstić information content (AvgIpc) is 2.67. The number of hydrogen-bond acceptors (Lipinski definition) is 1. The van der Waals surface area contributed by atoms with E-state index in [4.69, 9.17) is 0 Å². The number of alkyl halides is 3. The second-order valence-corrected chi connectivity index (χ2v) is 6.91. The molecule has 2 aromatic carbocycles. The Labute approximate surface area is 157 Å². The Morgan fingerprint density at radius 1 is 1.00 bits per heavy atom. The number of piperidine rings is 1. The van der Waals surface area contributed by atoms with Gasteiger partial charge in [-0.3, -0.25) is 4.79 Å². The van der Waals surface area contributed by atoms with Crippen molar-refractivity contribution in [2.24, 2.45) is 5.92 Å². The van der Waals surface area contributed by atoms with Crippen molar-refractivity contribution in [2.75, 3.05) is 13.1 Å². The van der Waals surface area contributed by atoms with Crippen LogP contribution in [0.3, 0.4) is 0 Å². The molecular weight excluding hydrogens is 351 g/mol. The van der Waals surface area contributed by atoms with Crippen molar-refractivity contribution < 1.29 is 18.0 Å². The largest absolute Gasteiger partial charge is 0.416 e. The first-order valence-electron chi connectivity index (χ1n) is 9.10. The molecule has 0 spiro atoms. The van der Waals surface area contributed by atoms with Gasteiger partial charge in [-0.15, -0.1) is 0 Å². The van der Waals surface area contributed by atoms with Gasteiger partial charge in [0.25, 0.3) is 0 Å². The number of benzene rings is 2. The third-order valence-electron chi connectivity index (χ3n) is 4.95. The summed E-state index contributed by atoms with van der Waals surface area (Å²) in [5, 5.41) is 0. The number of hydrogen-bond donors (Lipinski definition) is 0. The number of nitrogens with zero attached hydrogens (tertiary/aromatic N) is 1. The van der Waals surface area contributed by atoms with Crippen molar-refractivity contribution in [3.8, 4) is 0 Å². The molecule has 0 aromatic heterocycles. The van der Waals surface area contributed by atoms with E-state index in [1.807, 2.05) is 41.3 Å². The number of amides is 1. The zero-order valence-electron chi connectivity index (χ0n) is 15.0. The molecule has 1 aliphatic heterocycles. The minimum atomic E-state index is -4.29. The maximum Gasteiger partial charge on any atom is 0.416 e. The average molecular weight is 373 g/mol. The summed E-state index contributed by atoms with van der Waals surface area (Å²) >= 11 is 0. The minimum Gasteiger partial charge on any atom is -0.339 e. The summed E-state index contributed by atoms with van der Waals surface area (Å²) in [5.74, 6) is 0.399. The van der Waals surface area contributed by atoms with E-state index >= 15 is 0 Å². The van der Waals surface area contributed by atoms with Gasteiger partial charge < -0.3 is 4.90 Å². The molecule has 2 aromatic rings. The van der Waals surface area contributed by atoms with E-state index in [0.29, 0.717) is 19.0 Å². The van der Waals surface area contributed by atoms with E-state index in [0.717, 1.165) is 42.5 Å². The van der Waals surface area contributed by atoms with Crippen molar-refractivity contribution in [3.63, 3.8) is 0 Å².